The molecule has 38 heavy (non-hydrogen) atoms. The highest BCUT2D eigenvalue weighted by atomic mass is 35.5. The number of hydrogen-bond acceptors (Lipinski definition) is 5. The van der Waals surface area contributed by atoms with E-state index in [2.05, 4.69) is 16.0 Å². The number of thioether (sulfide) groups is 1. The predicted octanol–water partition coefficient (Wildman–Crippen LogP) is 6.73. The van der Waals surface area contributed by atoms with Crippen molar-refractivity contribution in [1.82, 2.24) is 5.32 Å². The standard InChI is InChI=1S/C28H21Cl2N3O4S/c29-19-13-20(30)15-22(14-19)31-26(34)17-38-24-10-8-21(9-11-24)32-28(36)25(16-23-7-4-12-37-23)33-27(35)18-5-2-1-3-6-18/h1-16H,17H2,(H,31,34)(H,32,36)(H,33,35)/b25-16-. The van der Waals surface area contributed by atoms with E-state index in [4.69, 9.17) is 27.6 Å². The van der Waals surface area contributed by atoms with Crippen molar-refractivity contribution in [2.75, 3.05) is 16.4 Å². The molecule has 0 radical (unpaired) electrons. The van der Waals surface area contributed by atoms with Crippen molar-refractivity contribution in [3.63, 3.8) is 0 Å². The zero-order valence-corrected chi connectivity index (χ0v) is 22.1. The van der Waals surface area contributed by atoms with E-state index in [1.807, 2.05) is 0 Å². The molecule has 7 nitrogen and oxygen atoms in total. The van der Waals surface area contributed by atoms with E-state index in [-0.39, 0.29) is 17.4 Å². The maximum Gasteiger partial charge on any atom is 0.272 e. The second kappa shape index (κ2) is 13.0. The van der Waals surface area contributed by atoms with Crippen LogP contribution in [0.1, 0.15) is 16.1 Å². The van der Waals surface area contributed by atoms with Crippen molar-refractivity contribution in [2.24, 2.45) is 0 Å². The first-order valence-electron chi connectivity index (χ1n) is 11.3. The number of carbonyl (C=O) groups is 3. The van der Waals surface area contributed by atoms with Gasteiger partial charge in [-0.3, -0.25) is 14.4 Å². The van der Waals surface area contributed by atoms with E-state index < -0.39 is 11.8 Å². The zero-order chi connectivity index (χ0) is 26.9. The number of anilines is 2. The number of amides is 3. The summed E-state index contributed by atoms with van der Waals surface area (Å²) in [5.74, 6) is -0.590. The highest BCUT2D eigenvalue weighted by molar-refractivity contribution is 8.00. The Labute approximate surface area is 233 Å². The van der Waals surface area contributed by atoms with Crippen LogP contribution in [0.4, 0.5) is 11.4 Å². The predicted molar refractivity (Wildman–Crippen MR) is 151 cm³/mol. The van der Waals surface area contributed by atoms with Crippen molar-refractivity contribution in [3.8, 4) is 0 Å². The van der Waals surface area contributed by atoms with E-state index in [9.17, 15) is 14.4 Å². The quantitative estimate of drug-likeness (QED) is 0.154. The Hall–Kier alpha value is -3.98. The number of carbonyl (C=O) groups excluding carboxylic acids is 3. The molecule has 0 aliphatic heterocycles. The molecule has 3 amide bonds. The van der Waals surface area contributed by atoms with Crippen LogP contribution in [0, 0.1) is 0 Å². The van der Waals surface area contributed by atoms with E-state index in [0.717, 1.165) is 4.90 Å². The first-order chi connectivity index (χ1) is 18.4. The van der Waals surface area contributed by atoms with Gasteiger partial charge in [-0.2, -0.15) is 0 Å². The number of hydrogen-bond donors (Lipinski definition) is 3. The molecule has 0 aliphatic rings. The summed E-state index contributed by atoms with van der Waals surface area (Å²) in [7, 11) is 0. The van der Waals surface area contributed by atoms with Gasteiger partial charge in [0.2, 0.25) is 5.91 Å². The Morgan fingerprint density at radius 2 is 1.53 bits per heavy atom. The lowest BCUT2D eigenvalue weighted by Gasteiger charge is -2.11. The Bertz CT molecular complexity index is 1440. The Kier molecular flexibility index (Phi) is 9.26. The van der Waals surface area contributed by atoms with Crippen molar-refractivity contribution in [1.29, 1.82) is 0 Å². The van der Waals surface area contributed by atoms with Gasteiger partial charge in [0.05, 0.1) is 12.0 Å². The summed E-state index contributed by atoms with van der Waals surface area (Å²) in [5.41, 5.74) is 1.46. The van der Waals surface area contributed by atoms with Crippen molar-refractivity contribution in [2.45, 2.75) is 4.90 Å². The maximum absolute atomic E-state index is 13.0. The number of nitrogens with one attached hydrogen (secondary N) is 3. The van der Waals surface area contributed by atoms with Crippen LogP contribution in [0.25, 0.3) is 6.08 Å². The Balaban J connectivity index is 1.36. The molecule has 10 heteroatoms. The summed E-state index contributed by atoms with van der Waals surface area (Å²) in [6.07, 6.45) is 2.92. The summed E-state index contributed by atoms with van der Waals surface area (Å²) < 4.78 is 5.31. The number of halogens is 2. The molecule has 192 valence electrons. The molecular weight excluding hydrogens is 545 g/mol. The molecule has 3 N–H and O–H groups in total. The van der Waals surface area contributed by atoms with Crippen LogP contribution in [0.3, 0.4) is 0 Å². The molecular formula is C28H21Cl2N3O4S. The number of benzene rings is 3. The summed E-state index contributed by atoms with van der Waals surface area (Å²) >= 11 is 13.3. The molecule has 0 bridgehead atoms. The van der Waals surface area contributed by atoms with Crippen LogP contribution in [0.15, 0.2) is 106 Å². The first kappa shape index (κ1) is 27.1. The molecule has 0 spiro atoms. The normalized spacial score (nSPS) is 11.1. The minimum atomic E-state index is -0.523. The lowest BCUT2D eigenvalue weighted by Crippen LogP contribution is -2.30. The Morgan fingerprint density at radius 3 is 2.18 bits per heavy atom. The van der Waals surface area contributed by atoms with Crippen molar-refractivity contribution in [3.05, 3.63) is 118 Å². The van der Waals surface area contributed by atoms with Gasteiger partial charge in [0.25, 0.3) is 11.8 Å². The second-order valence-electron chi connectivity index (χ2n) is 7.87. The molecule has 0 fully saturated rings. The summed E-state index contributed by atoms with van der Waals surface area (Å²) in [4.78, 5) is 38.8. The monoisotopic (exact) mass is 565 g/mol. The summed E-state index contributed by atoms with van der Waals surface area (Å²) in [5, 5.41) is 9.03. The van der Waals surface area contributed by atoms with Crippen LogP contribution in [0.5, 0.6) is 0 Å². The van der Waals surface area contributed by atoms with Crippen LogP contribution in [0.2, 0.25) is 10.0 Å². The molecule has 4 aromatic rings. The van der Waals surface area contributed by atoms with E-state index in [1.165, 1.54) is 24.1 Å². The van der Waals surface area contributed by atoms with Crippen molar-refractivity contribution >= 4 is 70.1 Å². The zero-order valence-electron chi connectivity index (χ0n) is 19.7. The number of furan rings is 1. The van der Waals surface area contributed by atoms with E-state index >= 15 is 0 Å². The van der Waals surface area contributed by atoms with Gasteiger partial charge in [0.15, 0.2) is 0 Å². The summed E-state index contributed by atoms with van der Waals surface area (Å²) in [6.45, 7) is 0. The van der Waals surface area contributed by atoms with Crippen LogP contribution < -0.4 is 16.0 Å². The highest BCUT2D eigenvalue weighted by Crippen LogP contribution is 2.24. The van der Waals surface area contributed by atoms with Gasteiger partial charge in [-0.05, 0) is 66.7 Å². The fourth-order valence-electron chi connectivity index (χ4n) is 3.26. The van der Waals surface area contributed by atoms with Crippen LogP contribution in [-0.2, 0) is 9.59 Å². The second-order valence-corrected chi connectivity index (χ2v) is 9.79. The molecule has 1 heterocycles. The molecule has 0 unspecified atom stereocenters. The molecule has 0 saturated heterocycles. The van der Waals surface area contributed by atoms with Crippen LogP contribution in [-0.4, -0.2) is 23.5 Å². The minimum absolute atomic E-state index is 0.0186. The minimum Gasteiger partial charge on any atom is -0.465 e. The van der Waals surface area contributed by atoms with Crippen molar-refractivity contribution < 1.29 is 18.8 Å². The van der Waals surface area contributed by atoms with Gasteiger partial charge in [-0.25, -0.2) is 0 Å². The fraction of sp³-hybridized carbons (Fsp3) is 0.0357. The van der Waals surface area contributed by atoms with Crippen LogP contribution >= 0.6 is 35.0 Å². The molecule has 3 aromatic carbocycles. The van der Waals surface area contributed by atoms with Gasteiger partial charge in [-0.15, -0.1) is 11.8 Å². The SMILES string of the molecule is O=C(CSc1ccc(NC(=O)/C(=C/c2ccco2)NC(=O)c2ccccc2)cc1)Nc1cc(Cl)cc(Cl)c1. The lowest BCUT2D eigenvalue weighted by molar-refractivity contribution is -0.114. The summed E-state index contributed by atoms with van der Waals surface area (Å²) in [6, 6.07) is 23.7. The topological polar surface area (TPSA) is 100 Å². The van der Waals surface area contributed by atoms with Gasteiger partial charge in [-0.1, -0.05) is 41.4 Å². The first-order valence-corrected chi connectivity index (χ1v) is 13.0. The average Bonchev–Trinajstić information content (AvgIpc) is 3.41. The Morgan fingerprint density at radius 1 is 0.816 bits per heavy atom. The van der Waals surface area contributed by atoms with Gasteiger partial charge in [0.1, 0.15) is 11.5 Å². The molecule has 1 aromatic heterocycles. The van der Waals surface area contributed by atoms with E-state index in [0.29, 0.717) is 32.7 Å². The average molecular weight is 566 g/mol. The van der Waals surface area contributed by atoms with E-state index in [1.54, 1.807) is 84.9 Å². The largest absolute Gasteiger partial charge is 0.465 e. The van der Waals surface area contributed by atoms with Gasteiger partial charge in [0, 0.05) is 38.0 Å². The molecule has 4 rings (SSSR count). The number of rotatable bonds is 9. The maximum atomic E-state index is 13.0. The molecule has 0 atom stereocenters. The molecule has 0 aliphatic carbocycles. The highest BCUT2D eigenvalue weighted by Gasteiger charge is 2.16. The third-order valence-electron chi connectivity index (χ3n) is 4.99. The molecule has 0 saturated carbocycles. The smallest absolute Gasteiger partial charge is 0.272 e. The lowest BCUT2D eigenvalue weighted by atomic mass is 10.2. The van der Waals surface area contributed by atoms with Gasteiger partial charge < -0.3 is 20.4 Å². The third-order valence-corrected chi connectivity index (χ3v) is 6.44. The van der Waals surface area contributed by atoms with Gasteiger partial charge >= 0.3 is 0 Å². The fourth-order valence-corrected chi connectivity index (χ4v) is 4.49. The third kappa shape index (κ3) is 8.01.